The molecule has 36 heavy (non-hydrogen) atoms. The predicted octanol–water partition coefficient (Wildman–Crippen LogP) is 5.45. The Morgan fingerprint density at radius 2 is 2.00 bits per heavy atom. The lowest BCUT2D eigenvalue weighted by atomic mass is 10.1. The minimum absolute atomic E-state index is 0.0234. The number of hydrogen-bond acceptors (Lipinski definition) is 7. The standard InChI is InChI=1S/C26H33BrN6O3/c1-26(2,3)36-25(34)32(18-9-11-28-12-10-18)22-16-29-15-20(30-22)24-19-14-17(27)7-8-21(19)33(31-24)23-6-4-5-13-35-23/h7-8,14-16,18,23,28H,4-6,9-13H2,1-3H3. The molecule has 9 nitrogen and oxygen atoms in total. The fraction of sp³-hybridized carbons (Fsp3) is 0.538. The number of nitrogens with zero attached hydrogens (tertiary/aromatic N) is 5. The van der Waals surface area contributed by atoms with E-state index in [1.54, 1.807) is 17.3 Å². The third-order valence-electron chi connectivity index (χ3n) is 6.47. The van der Waals surface area contributed by atoms with Gasteiger partial charge in [0.1, 0.15) is 17.0 Å². The van der Waals surface area contributed by atoms with Crippen molar-refractivity contribution in [1.82, 2.24) is 25.1 Å². The van der Waals surface area contributed by atoms with E-state index in [0.717, 1.165) is 67.2 Å². The van der Waals surface area contributed by atoms with Gasteiger partial charge in [0, 0.05) is 22.5 Å². The number of rotatable bonds is 4. The molecule has 1 aromatic carbocycles. The van der Waals surface area contributed by atoms with Crippen LogP contribution in [0.4, 0.5) is 10.6 Å². The molecule has 0 saturated carbocycles. The van der Waals surface area contributed by atoms with Crippen molar-refractivity contribution in [2.45, 2.75) is 70.7 Å². The number of amides is 1. The molecule has 0 spiro atoms. The SMILES string of the molecule is CC(C)(C)OC(=O)N(c1cncc(-c2nn(C3CCCCO3)c3ccc(Br)cc23)n1)C1CCNCC1. The van der Waals surface area contributed by atoms with E-state index in [2.05, 4.69) is 26.2 Å². The van der Waals surface area contributed by atoms with Gasteiger partial charge in [-0.3, -0.25) is 9.88 Å². The number of benzene rings is 1. The Morgan fingerprint density at radius 1 is 1.19 bits per heavy atom. The molecule has 1 amide bonds. The molecule has 1 N–H and O–H groups in total. The van der Waals surface area contributed by atoms with Crippen molar-refractivity contribution in [3.63, 3.8) is 0 Å². The molecule has 192 valence electrons. The largest absolute Gasteiger partial charge is 0.443 e. The second-order valence-electron chi connectivity index (χ2n) is 10.4. The normalized spacial score (nSPS) is 19.4. The van der Waals surface area contributed by atoms with Crippen molar-refractivity contribution in [1.29, 1.82) is 0 Å². The molecule has 1 unspecified atom stereocenters. The number of nitrogens with one attached hydrogen (secondary N) is 1. The van der Waals surface area contributed by atoms with Gasteiger partial charge in [0.15, 0.2) is 12.0 Å². The van der Waals surface area contributed by atoms with Crippen LogP contribution < -0.4 is 10.2 Å². The summed E-state index contributed by atoms with van der Waals surface area (Å²) in [6, 6.07) is 6.08. The van der Waals surface area contributed by atoms with Crippen LogP contribution in [0.2, 0.25) is 0 Å². The maximum absolute atomic E-state index is 13.3. The summed E-state index contributed by atoms with van der Waals surface area (Å²) in [5, 5.41) is 9.28. The average molecular weight is 557 g/mol. The molecule has 5 rings (SSSR count). The number of piperidine rings is 1. The molecule has 0 bridgehead atoms. The summed E-state index contributed by atoms with van der Waals surface area (Å²) in [4.78, 5) is 24.4. The zero-order valence-electron chi connectivity index (χ0n) is 21.0. The summed E-state index contributed by atoms with van der Waals surface area (Å²) in [6.45, 7) is 8.02. The minimum Gasteiger partial charge on any atom is -0.443 e. The molecule has 10 heteroatoms. The number of halogens is 1. The smallest absolute Gasteiger partial charge is 0.416 e. The van der Waals surface area contributed by atoms with Crippen LogP contribution >= 0.6 is 15.9 Å². The summed E-state index contributed by atoms with van der Waals surface area (Å²) in [6.07, 6.45) is 7.54. The average Bonchev–Trinajstić information content (AvgIpc) is 3.23. The first-order valence-corrected chi connectivity index (χ1v) is 13.4. The summed E-state index contributed by atoms with van der Waals surface area (Å²) in [5.74, 6) is 0.472. The Morgan fingerprint density at radius 3 is 2.72 bits per heavy atom. The molecule has 2 aliphatic heterocycles. The van der Waals surface area contributed by atoms with Gasteiger partial charge >= 0.3 is 6.09 Å². The van der Waals surface area contributed by atoms with Gasteiger partial charge in [-0.1, -0.05) is 15.9 Å². The highest BCUT2D eigenvalue weighted by molar-refractivity contribution is 9.10. The highest BCUT2D eigenvalue weighted by atomic mass is 79.9. The van der Waals surface area contributed by atoms with Gasteiger partial charge in [0.05, 0.1) is 17.9 Å². The molecule has 0 radical (unpaired) electrons. The summed E-state index contributed by atoms with van der Waals surface area (Å²) in [7, 11) is 0. The van der Waals surface area contributed by atoms with Gasteiger partial charge in [-0.2, -0.15) is 5.10 Å². The first kappa shape index (κ1) is 25.1. The van der Waals surface area contributed by atoms with Crippen LogP contribution in [0.15, 0.2) is 35.1 Å². The van der Waals surface area contributed by atoms with Crippen molar-refractivity contribution in [3.05, 3.63) is 35.1 Å². The molecule has 3 aromatic rings. The number of anilines is 1. The van der Waals surface area contributed by atoms with Gasteiger partial charge in [0.25, 0.3) is 0 Å². The minimum atomic E-state index is -0.617. The molecule has 1 atom stereocenters. The number of carbonyl (C=O) groups excluding carboxylic acids is 1. The number of ether oxygens (including phenoxy) is 2. The number of fused-ring (bicyclic) bond motifs is 1. The van der Waals surface area contributed by atoms with Crippen LogP contribution in [0.1, 0.15) is 59.1 Å². The van der Waals surface area contributed by atoms with Crippen molar-refractivity contribution in [2.75, 3.05) is 24.6 Å². The second kappa shape index (κ2) is 10.4. The van der Waals surface area contributed by atoms with E-state index in [1.807, 2.05) is 43.7 Å². The van der Waals surface area contributed by atoms with Gasteiger partial charge < -0.3 is 14.8 Å². The maximum atomic E-state index is 13.3. The molecule has 0 aliphatic carbocycles. The Hall–Kier alpha value is -2.56. The Bertz CT molecular complexity index is 1230. The van der Waals surface area contributed by atoms with E-state index < -0.39 is 11.7 Å². The highest BCUT2D eigenvalue weighted by Crippen LogP contribution is 2.34. The van der Waals surface area contributed by atoms with Crippen LogP contribution in [0.3, 0.4) is 0 Å². The van der Waals surface area contributed by atoms with Crippen LogP contribution in [-0.4, -0.2) is 57.2 Å². The zero-order valence-corrected chi connectivity index (χ0v) is 22.6. The molecule has 2 saturated heterocycles. The van der Waals surface area contributed by atoms with Gasteiger partial charge in [-0.25, -0.2) is 14.5 Å². The summed E-state index contributed by atoms with van der Waals surface area (Å²) >= 11 is 3.60. The molecule has 2 fully saturated rings. The molecular formula is C26H33BrN6O3. The van der Waals surface area contributed by atoms with E-state index in [1.165, 1.54) is 0 Å². The number of aromatic nitrogens is 4. The monoisotopic (exact) mass is 556 g/mol. The van der Waals surface area contributed by atoms with Crippen LogP contribution in [0, 0.1) is 0 Å². The Kier molecular flexibility index (Phi) is 7.28. The molecule has 2 aliphatic rings. The quantitative estimate of drug-likeness (QED) is 0.456. The lowest BCUT2D eigenvalue weighted by Crippen LogP contribution is -2.48. The molecule has 4 heterocycles. The van der Waals surface area contributed by atoms with Crippen LogP contribution in [0.25, 0.3) is 22.3 Å². The van der Waals surface area contributed by atoms with E-state index in [9.17, 15) is 4.79 Å². The highest BCUT2D eigenvalue weighted by Gasteiger charge is 2.32. The third-order valence-corrected chi connectivity index (χ3v) is 6.97. The second-order valence-corrected chi connectivity index (χ2v) is 11.3. The topological polar surface area (TPSA) is 94.4 Å². The van der Waals surface area contributed by atoms with E-state index >= 15 is 0 Å². The molecule has 2 aromatic heterocycles. The lowest BCUT2D eigenvalue weighted by molar-refractivity contribution is -0.0365. The van der Waals surface area contributed by atoms with Crippen molar-refractivity contribution >= 4 is 38.7 Å². The summed E-state index contributed by atoms with van der Waals surface area (Å²) in [5.41, 5.74) is 1.68. The Balaban J connectivity index is 1.57. The Labute approximate surface area is 219 Å². The van der Waals surface area contributed by atoms with Crippen LogP contribution in [-0.2, 0) is 9.47 Å². The van der Waals surface area contributed by atoms with E-state index in [-0.39, 0.29) is 12.3 Å². The zero-order chi connectivity index (χ0) is 25.3. The van der Waals surface area contributed by atoms with E-state index in [4.69, 9.17) is 19.6 Å². The van der Waals surface area contributed by atoms with Gasteiger partial charge in [-0.05, 0) is 84.2 Å². The predicted molar refractivity (Wildman–Crippen MR) is 142 cm³/mol. The maximum Gasteiger partial charge on any atom is 0.416 e. The first-order valence-electron chi connectivity index (χ1n) is 12.6. The fourth-order valence-corrected chi connectivity index (χ4v) is 5.19. The summed E-state index contributed by atoms with van der Waals surface area (Å²) < 4.78 is 14.7. The number of hydrogen-bond donors (Lipinski definition) is 1. The van der Waals surface area contributed by atoms with Crippen molar-refractivity contribution < 1.29 is 14.3 Å². The lowest BCUT2D eigenvalue weighted by Gasteiger charge is -2.35. The van der Waals surface area contributed by atoms with Crippen molar-refractivity contribution in [3.8, 4) is 11.4 Å². The van der Waals surface area contributed by atoms with Crippen LogP contribution in [0.5, 0.6) is 0 Å². The fourth-order valence-electron chi connectivity index (χ4n) is 4.83. The molecular weight excluding hydrogens is 524 g/mol. The number of carbonyl (C=O) groups is 1. The van der Waals surface area contributed by atoms with Gasteiger partial charge in [0.2, 0.25) is 0 Å². The van der Waals surface area contributed by atoms with E-state index in [0.29, 0.717) is 17.2 Å². The van der Waals surface area contributed by atoms with Gasteiger partial charge in [-0.15, -0.1) is 0 Å². The third kappa shape index (κ3) is 5.40. The van der Waals surface area contributed by atoms with Crippen molar-refractivity contribution in [2.24, 2.45) is 0 Å². The first-order chi connectivity index (χ1) is 17.3.